The second-order valence-corrected chi connectivity index (χ2v) is 6.67. The summed E-state index contributed by atoms with van der Waals surface area (Å²) in [6.45, 7) is 3.24. The van der Waals surface area contributed by atoms with Crippen LogP contribution < -0.4 is 5.32 Å². The molecule has 3 rings (SSSR count). The van der Waals surface area contributed by atoms with Crippen LogP contribution in [-0.4, -0.2) is 17.6 Å². The molecule has 2 nitrogen and oxygen atoms in total. The lowest BCUT2D eigenvalue weighted by Gasteiger charge is -2.22. The van der Waals surface area contributed by atoms with Gasteiger partial charge in [-0.25, -0.2) is 4.98 Å². The Morgan fingerprint density at radius 3 is 3.00 bits per heavy atom. The summed E-state index contributed by atoms with van der Waals surface area (Å²) in [5, 5.41) is 5.02. The van der Waals surface area contributed by atoms with Gasteiger partial charge in [0.05, 0.1) is 5.01 Å². The smallest absolute Gasteiger partial charge is 0.0940 e. The van der Waals surface area contributed by atoms with Gasteiger partial charge in [0.15, 0.2) is 0 Å². The fourth-order valence-electron chi connectivity index (χ4n) is 3.38. The summed E-state index contributed by atoms with van der Waals surface area (Å²) in [6.07, 6.45) is 8.98. The van der Waals surface area contributed by atoms with E-state index >= 15 is 0 Å². The van der Waals surface area contributed by atoms with Crippen LogP contribution in [0.1, 0.15) is 35.6 Å². The van der Waals surface area contributed by atoms with Gasteiger partial charge in [-0.1, -0.05) is 6.42 Å². The van der Waals surface area contributed by atoms with Gasteiger partial charge >= 0.3 is 0 Å². The van der Waals surface area contributed by atoms with E-state index in [1.165, 1.54) is 35.6 Å². The third-order valence-electron chi connectivity index (χ3n) is 4.15. The molecule has 88 valence electrons. The third-order valence-corrected chi connectivity index (χ3v) is 5.13. The summed E-state index contributed by atoms with van der Waals surface area (Å²) < 4.78 is 0. The van der Waals surface area contributed by atoms with Crippen LogP contribution in [0.25, 0.3) is 0 Å². The molecule has 2 saturated carbocycles. The Labute approximate surface area is 101 Å². The third kappa shape index (κ3) is 2.16. The largest absolute Gasteiger partial charge is 0.313 e. The summed E-state index contributed by atoms with van der Waals surface area (Å²) >= 11 is 1.83. The molecule has 1 heterocycles. The molecule has 1 N–H and O–H groups in total. The zero-order valence-corrected chi connectivity index (χ0v) is 10.7. The molecule has 0 spiro atoms. The minimum Gasteiger partial charge on any atom is -0.313 e. The molecule has 0 saturated heterocycles. The highest BCUT2D eigenvalue weighted by Gasteiger charge is 2.38. The first kappa shape index (κ1) is 10.7. The quantitative estimate of drug-likeness (QED) is 0.869. The highest BCUT2D eigenvalue weighted by atomic mass is 32.1. The van der Waals surface area contributed by atoms with Crippen molar-refractivity contribution in [1.82, 2.24) is 10.3 Å². The van der Waals surface area contributed by atoms with Gasteiger partial charge in [0.25, 0.3) is 0 Å². The molecule has 2 bridgehead atoms. The van der Waals surface area contributed by atoms with Crippen molar-refractivity contribution in [3.05, 3.63) is 16.1 Å². The Bertz CT molecular complexity index is 361. The molecular formula is C13H20N2S. The lowest BCUT2D eigenvalue weighted by atomic mass is 9.95. The molecule has 2 fully saturated rings. The second kappa shape index (κ2) is 4.46. The number of fused-ring (bicyclic) bond motifs is 2. The number of thiazole rings is 1. The van der Waals surface area contributed by atoms with Crippen LogP contribution in [0.3, 0.4) is 0 Å². The first-order valence-corrected chi connectivity index (χ1v) is 7.27. The van der Waals surface area contributed by atoms with Gasteiger partial charge in [-0.15, -0.1) is 11.3 Å². The van der Waals surface area contributed by atoms with Gasteiger partial charge in [-0.05, 0) is 38.0 Å². The minimum absolute atomic E-state index is 0.819. The monoisotopic (exact) mass is 236 g/mol. The highest BCUT2D eigenvalue weighted by molar-refractivity contribution is 7.11. The minimum atomic E-state index is 0.819. The van der Waals surface area contributed by atoms with E-state index in [0.29, 0.717) is 0 Å². The number of hydrogen-bond acceptors (Lipinski definition) is 3. The van der Waals surface area contributed by atoms with Crippen LogP contribution in [0.15, 0.2) is 6.20 Å². The number of aryl methyl sites for hydroxylation is 1. The maximum atomic E-state index is 4.41. The molecule has 1 aromatic rings. The zero-order chi connectivity index (χ0) is 11.0. The van der Waals surface area contributed by atoms with Crippen molar-refractivity contribution >= 4 is 11.3 Å². The van der Waals surface area contributed by atoms with Crippen LogP contribution in [-0.2, 0) is 6.42 Å². The second-order valence-electron chi connectivity index (χ2n) is 5.35. The van der Waals surface area contributed by atoms with Crippen LogP contribution in [0.5, 0.6) is 0 Å². The van der Waals surface area contributed by atoms with E-state index in [4.69, 9.17) is 0 Å². The summed E-state index contributed by atoms with van der Waals surface area (Å²) in [5.74, 6) is 2.03. The van der Waals surface area contributed by atoms with Crippen molar-refractivity contribution < 1.29 is 0 Å². The molecule has 3 heteroatoms. The Morgan fingerprint density at radius 1 is 1.44 bits per heavy atom. The molecule has 3 atom stereocenters. The molecule has 2 aliphatic rings. The number of nitrogens with zero attached hydrogens (tertiary/aromatic N) is 1. The summed E-state index contributed by atoms with van der Waals surface area (Å²) in [5.41, 5.74) is 0. The molecule has 3 unspecified atom stereocenters. The fraction of sp³-hybridized carbons (Fsp3) is 0.769. The predicted molar refractivity (Wildman–Crippen MR) is 67.8 cm³/mol. The van der Waals surface area contributed by atoms with Crippen molar-refractivity contribution in [2.45, 2.75) is 45.1 Å². The highest BCUT2D eigenvalue weighted by Crippen LogP contribution is 2.44. The number of hydrogen-bond donors (Lipinski definition) is 1. The van der Waals surface area contributed by atoms with Crippen LogP contribution in [0.4, 0.5) is 0 Å². The van der Waals surface area contributed by atoms with Crippen molar-refractivity contribution in [2.75, 3.05) is 6.54 Å². The number of aromatic nitrogens is 1. The van der Waals surface area contributed by atoms with Gasteiger partial charge in [-0.2, -0.15) is 0 Å². The Morgan fingerprint density at radius 2 is 2.38 bits per heavy atom. The van der Waals surface area contributed by atoms with E-state index in [-0.39, 0.29) is 0 Å². The predicted octanol–water partition coefficient (Wildman–Crippen LogP) is 2.77. The van der Waals surface area contributed by atoms with Crippen LogP contribution in [0, 0.1) is 18.8 Å². The normalized spacial score (nSPS) is 32.4. The van der Waals surface area contributed by atoms with Crippen molar-refractivity contribution in [1.29, 1.82) is 0 Å². The maximum Gasteiger partial charge on any atom is 0.0940 e. The zero-order valence-electron chi connectivity index (χ0n) is 9.91. The standard InChI is InChI=1S/C13H20N2S/c1-9-8-15-13(16-9)4-5-14-12-7-10-2-3-11(12)6-10/h8,10-12,14H,2-7H2,1H3. The van der Waals surface area contributed by atoms with Gasteiger partial charge in [0.2, 0.25) is 0 Å². The van der Waals surface area contributed by atoms with Crippen LogP contribution >= 0.6 is 11.3 Å². The van der Waals surface area contributed by atoms with E-state index < -0.39 is 0 Å². The van der Waals surface area contributed by atoms with E-state index in [9.17, 15) is 0 Å². The molecule has 0 aromatic carbocycles. The van der Waals surface area contributed by atoms with E-state index in [0.717, 1.165) is 30.8 Å². The molecular weight excluding hydrogens is 216 g/mol. The van der Waals surface area contributed by atoms with E-state index in [2.05, 4.69) is 17.2 Å². The Kier molecular flexibility index (Phi) is 2.99. The van der Waals surface area contributed by atoms with Gasteiger partial charge in [0, 0.05) is 30.1 Å². The van der Waals surface area contributed by atoms with E-state index in [1.807, 2.05) is 17.5 Å². The lowest BCUT2D eigenvalue weighted by molar-refractivity contribution is 0.354. The Hall–Kier alpha value is -0.410. The average molecular weight is 236 g/mol. The maximum absolute atomic E-state index is 4.41. The van der Waals surface area contributed by atoms with Crippen LogP contribution in [0.2, 0.25) is 0 Å². The van der Waals surface area contributed by atoms with Crippen molar-refractivity contribution in [2.24, 2.45) is 11.8 Å². The first-order chi connectivity index (χ1) is 7.81. The summed E-state index contributed by atoms with van der Waals surface area (Å²) in [6, 6.07) is 0.819. The number of rotatable bonds is 4. The lowest BCUT2D eigenvalue weighted by Crippen LogP contribution is -2.35. The molecule has 1 aromatic heterocycles. The summed E-state index contributed by atoms with van der Waals surface area (Å²) in [4.78, 5) is 5.74. The molecule has 2 aliphatic carbocycles. The molecule has 0 amide bonds. The molecule has 0 radical (unpaired) electrons. The van der Waals surface area contributed by atoms with Gasteiger partial charge in [-0.3, -0.25) is 0 Å². The van der Waals surface area contributed by atoms with E-state index in [1.54, 1.807) is 0 Å². The van der Waals surface area contributed by atoms with Crippen molar-refractivity contribution in [3.63, 3.8) is 0 Å². The molecule has 0 aliphatic heterocycles. The Balaban J connectivity index is 1.44. The molecule has 16 heavy (non-hydrogen) atoms. The first-order valence-electron chi connectivity index (χ1n) is 6.46. The number of nitrogens with one attached hydrogen (secondary N) is 1. The summed E-state index contributed by atoms with van der Waals surface area (Å²) in [7, 11) is 0. The average Bonchev–Trinajstić information content (AvgIpc) is 2.94. The van der Waals surface area contributed by atoms with Crippen molar-refractivity contribution in [3.8, 4) is 0 Å². The van der Waals surface area contributed by atoms with Gasteiger partial charge < -0.3 is 5.32 Å². The SMILES string of the molecule is Cc1cnc(CCNC2CC3CCC2C3)s1. The topological polar surface area (TPSA) is 24.9 Å². The fourth-order valence-corrected chi connectivity index (χ4v) is 4.16. The van der Waals surface area contributed by atoms with Gasteiger partial charge in [0.1, 0.15) is 0 Å².